The van der Waals surface area contributed by atoms with Gasteiger partial charge in [-0.25, -0.2) is 4.39 Å². The summed E-state index contributed by atoms with van der Waals surface area (Å²) in [5.41, 5.74) is 4.47. The molecule has 6 rings (SSSR count). The van der Waals surface area contributed by atoms with Crippen LogP contribution in [0.1, 0.15) is 77.8 Å². The SMILES string of the molecule is CC1(C)CCC(CN2CCN(C(=O)c3ccc4c(c3F)CN(C3CCC(=O)NC3=O)C4=O)CC2)=C(c2ccc(Cl)cc2)C1. The van der Waals surface area contributed by atoms with Crippen molar-refractivity contribution < 1.29 is 23.6 Å². The first-order valence-corrected chi connectivity index (χ1v) is 15.3. The summed E-state index contributed by atoms with van der Waals surface area (Å²) in [5.74, 6) is -2.51. The molecule has 0 spiro atoms. The number of rotatable bonds is 5. The summed E-state index contributed by atoms with van der Waals surface area (Å²) >= 11 is 6.15. The number of carbonyl (C=O) groups is 4. The van der Waals surface area contributed by atoms with Crippen LogP contribution in [-0.2, 0) is 16.1 Å². The number of nitrogens with one attached hydrogen (secondary N) is 1. The van der Waals surface area contributed by atoms with Crippen molar-refractivity contribution in [3.63, 3.8) is 0 Å². The van der Waals surface area contributed by atoms with Crippen molar-refractivity contribution in [1.29, 1.82) is 0 Å². The zero-order valence-electron chi connectivity index (χ0n) is 24.6. The Kier molecular flexibility index (Phi) is 7.89. The fraction of sp³-hybridized carbons (Fsp3) is 0.455. The lowest BCUT2D eigenvalue weighted by Crippen LogP contribution is -2.52. The minimum absolute atomic E-state index is 0.0626. The number of hydrogen-bond acceptors (Lipinski definition) is 5. The molecular formula is C33H36ClFN4O4. The highest BCUT2D eigenvalue weighted by molar-refractivity contribution is 6.30. The Morgan fingerprint density at radius 3 is 2.44 bits per heavy atom. The third-order valence-corrected chi connectivity index (χ3v) is 9.58. The molecule has 0 radical (unpaired) electrons. The van der Waals surface area contributed by atoms with Crippen LogP contribution in [0.4, 0.5) is 4.39 Å². The van der Waals surface area contributed by atoms with E-state index in [0.717, 1.165) is 30.8 Å². The highest BCUT2D eigenvalue weighted by Gasteiger charge is 2.41. The van der Waals surface area contributed by atoms with Crippen molar-refractivity contribution in [2.45, 2.75) is 58.5 Å². The molecule has 3 aliphatic heterocycles. The second-order valence-corrected chi connectivity index (χ2v) is 13.3. The van der Waals surface area contributed by atoms with Gasteiger partial charge in [0, 0.05) is 55.3 Å². The maximum atomic E-state index is 15.7. The van der Waals surface area contributed by atoms with E-state index >= 15 is 4.39 Å². The van der Waals surface area contributed by atoms with Crippen LogP contribution in [0.2, 0.25) is 5.02 Å². The van der Waals surface area contributed by atoms with Crippen molar-refractivity contribution in [1.82, 2.24) is 20.0 Å². The van der Waals surface area contributed by atoms with Gasteiger partial charge in [-0.3, -0.25) is 29.4 Å². The highest BCUT2D eigenvalue weighted by atomic mass is 35.5. The van der Waals surface area contributed by atoms with E-state index in [1.807, 2.05) is 12.1 Å². The van der Waals surface area contributed by atoms with Crippen LogP contribution >= 0.6 is 11.6 Å². The number of carbonyl (C=O) groups excluding carboxylic acids is 4. The lowest BCUT2D eigenvalue weighted by Gasteiger charge is -2.38. The largest absolute Gasteiger partial charge is 0.336 e. The van der Waals surface area contributed by atoms with E-state index in [-0.39, 0.29) is 47.4 Å². The summed E-state index contributed by atoms with van der Waals surface area (Å²) in [4.78, 5) is 55.7. The predicted octanol–water partition coefficient (Wildman–Crippen LogP) is 4.66. The molecule has 4 aliphatic rings. The summed E-state index contributed by atoms with van der Waals surface area (Å²) < 4.78 is 15.7. The first-order chi connectivity index (χ1) is 20.5. The lowest BCUT2D eigenvalue weighted by atomic mass is 9.72. The number of fused-ring (bicyclic) bond motifs is 1. The number of piperazine rings is 1. The maximum absolute atomic E-state index is 15.7. The molecule has 1 aliphatic carbocycles. The molecule has 4 amide bonds. The van der Waals surface area contributed by atoms with Gasteiger partial charge in [0.25, 0.3) is 11.8 Å². The van der Waals surface area contributed by atoms with Crippen LogP contribution in [0.5, 0.6) is 0 Å². The minimum atomic E-state index is -0.838. The molecule has 0 bridgehead atoms. The average Bonchev–Trinajstić information content (AvgIpc) is 3.31. The highest BCUT2D eigenvalue weighted by Crippen LogP contribution is 2.43. The van der Waals surface area contributed by atoms with E-state index in [1.54, 1.807) is 4.90 Å². The fourth-order valence-corrected chi connectivity index (χ4v) is 6.91. The molecule has 0 saturated carbocycles. The van der Waals surface area contributed by atoms with Crippen LogP contribution in [-0.4, -0.2) is 77.1 Å². The van der Waals surface area contributed by atoms with Gasteiger partial charge >= 0.3 is 0 Å². The number of amides is 4. The quantitative estimate of drug-likeness (QED) is 0.500. The van der Waals surface area contributed by atoms with Gasteiger partial charge in [0.1, 0.15) is 11.9 Å². The Labute approximate surface area is 255 Å². The van der Waals surface area contributed by atoms with Gasteiger partial charge in [-0.2, -0.15) is 0 Å². The zero-order chi connectivity index (χ0) is 30.5. The molecule has 0 aromatic heterocycles. The van der Waals surface area contributed by atoms with Gasteiger partial charge in [-0.15, -0.1) is 0 Å². The summed E-state index contributed by atoms with van der Waals surface area (Å²) in [7, 11) is 0. The van der Waals surface area contributed by atoms with Crippen molar-refractivity contribution >= 4 is 40.8 Å². The lowest BCUT2D eigenvalue weighted by molar-refractivity contribution is -0.136. The second kappa shape index (κ2) is 11.5. The second-order valence-electron chi connectivity index (χ2n) is 12.9. The van der Waals surface area contributed by atoms with E-state index in [9.17, 15) is 19.2 Å². The van der Waals surface area contributed by atoms with Gasteiger partial charge in [0.2, 0.25) is 11.8 Å². The van der Waals surface area contributed by atoms with E-state index in [4.69, 9.17) is 11.6 Å². The Morgan fingerprint density at radius 1 is 1.02 bits per heavy atom. The molecule has 10 heteroatoms. The van der Waals surface area contributed by atoms with Crippen molar-refractivity contribution in [2.75, 3.05) is 32.7 Å². The summed E-state index contributed by atoms with van der Waals surface area (Å²) in [6.07, 6.45) is 3.46. The minimum Gasteiger partial charge on any atom is -0.336 e. The molecule has 2 saturated heterocycles. The molecule has 1 unspecified atom stereocenters. The third-order valence-electron chi connectivity index (χ3n) is 9.33. The Bertz CT molecular complexity index is 1530. The molecule has 8 nitrogen and oxygen atoms in total. The van der Waals surface area contributed by atoms with E-state index in [2.05, 4.69) is 36.2 Å². The van der Waals surface area contributed by atoms with Crippen molar-refractivity contribution in [3.8, 4) is 0 Å². The molecular weight excluding hydrogens is 571 g/mol. The van der Waals surface area contributed by atoms with Gasteiger partial charge < -0.3 is 9.80 Å². The first kappa shape index (κ1) is 29.5. The molecule has 1 N–H and O–H groups in total. The number of nitrogens with zero attached hydrogens (tertiary/aromatic N) is 3. The molecule has 2 fully saturated rings. The van der Waals surface area contributed by atoms with E-state index in [1.165, 1.54) is 33.7 Å². The average molecular weight is 607 g/mol. The van der Waals surface area contributed by atoms with Crippen LogP contribution in [0.3, 0.4) is 0 Å². The normalized spacial score (nSPS) is 22.6. The van der Waals surface area contributed by atoms with Crippen LogP contribution in [0, 0.1) is 11.2 Å². The number of hydrogen-bond donors (Lipinski definition) is 1. The van der Waals surface area contributed by atoms with Gasteiger partial charge in [0.05, 0.1) is 12.1 Å². The number of imide groups is 1. The molecule has 3 heterocycles. The van der Waals surface area contributed by atoms with Crippen LogP contribution < -0.4 is 5.32 Å². The summed E-state index contributed by atoms with van der Waals surface area (Å²) in [6, 6.07) is 10.1. The van der Waals surface area contributed by atoms with E-state index in [0.29, 0.717) is 26.2 Å². The molecule has 2 aromatic rings. The van der Waals surface area contributed by atoms with Gasteiger partial charge in [-0.1, -0.05) is 43.2 Å². The smallest absolute Gasteiger partial charge is 0.256 e. The Balaban J connectivity index is 1.12. The van der Waals surface area contributed by atoms with Crippen molar-refractivity contribution in [2.24, 2.45) is 5.41 Å². The van der Waals surface area contributed by atoms with Crippen LogP contribution in [0.25, 0.3) is 5.57 Å². The number of allylic oxidation sites excluding steroid dienone is 1. The first-order valence-electron chi connectivity index (χ1n) is 15.0. The standard InChI is InChI=1S/C33H36ClFN4O4/c1-33(2)12-11-21(25(17-33)20-3-5-22(34)6-4-20)18-37-13-15-38(16-14-37)31(42)24-8-7-23-26(29(24)35)19-39(32(23)43)27-9-10-28(40)36-30(27)41/h3-8,27H,9-19H2,1-2H3,(H,36,40,41). The summed E-state index contributed by atoms with van der Waals surface area (Å²) in [5, 5.41) is 2.97. The molecule has 226 valence electrons. The Morgan fingerprint density at radius 2 is 1.74 bits per heavy atom. The maximum Gasteiger partial charge on any atom is 0.256 e. The molecule has 1 atom stereocenters. The van der Waals surface area contributed by atoms with E-state index < -0.39 is 29.6 Å². The zero-order valence-corrected chi connectivity index (χ0v) is 25.3. The Hall–Kier alpha value is -3.56. The van der Waals surface area contributed by atoms with Crippen molar-refractivity contribution in [3.05, 3.63) is 75.1 Å². The fourth-order valence-electron chi connectivity index (χ4n) is 6.78. The van der Waals surface area contributed by atoms with Gasteiger partial charge in [0.15, 0.2) is 0 Å². The van der Waals surface area contributed by atoms with Gasteiger partial charge in [-0.05, 0) is 66.5 Å². The third kappa shape index (κ3) is 5.85. The number of halogens is 2. The molecule has 2 aromatic carbocycles. The molecule has 43 heavy (non-hydrogen) atoms. The monoisotopic (exact) mass is 606 g/mol. The topological polar surface area (TPSA) is 90.0 Å². The predicted molar refractivity (Wildman–Crippen MR) is 161 cm³/mol. The summed E-state index contributed by atoms with van der Waals surface area (Å²) in [6.45, 7) is 7.67. The number of piperidine rings is 1. The number of benzene rings is 2. The van der Waals surface area contributed by atoms with Crippen LogP contribution in [0.15, 0.2) is 42.0 Å².